The molecule has 9 rings (SSSR count). The molecule has 50 heavy (non-hydrogen) atoms. The van der Waals surface area contributed by atoms with Crippen LogP contribution in [-0.4, -0.2) is 39.2 Å². The van der Waals surface area contributed by atoms with Crippen LogP contribution < -0.4 is 27.3 Å². The van der Waals surface area contributed by atoms with Crippen LogP contribution in [0, 0.1) is 0 Å². The van der Waals surface area contributed by atoms with Gasteiger partial charge in [-0.25, -0.2) is 0 Å². The van der Waals surface area contributed by atoms with Crippen molar-refractivity contribution < 1.29 is 4.42 Å². The van der Waals surface area contributed by atoms with E-state index in [4.69, 9.17) is 43.6 Å². The molecule has 8 aromatic carbocycles. The minimum Gasteiger partial charge on any atom is -0.455 e. The minimum absolute atomic E-state index is 0.193. The molecular weight excluding hydrogens is 599 g/mol. The van der Waals surface area contributed by atoms with Gasteiger partial charge in [0.15, 0.2) is 0 Å². The summed E-state index contributed by atoms with van der Waals surface area (Å²) in [4.78, 5) is 0. The van der Waals surface area contributed by atoms with E-state index in [1.807, 2.05) is 36.4 Å². The molecule has 9 aromatic rings. The first-order valence-corrected chi connectivity index (χ1v) is 16.5. The van der Waals surface area contributed by atoms with Crippen molar-refractivity contribution in [1.82, 2.24) is 0 Å². The quantitative estimate of drug-likeness (QED) is 0.161. The highest BCUT2D eigenvalue weighted by atomic mass is 16.3. The summed E-state index contributed by atoms with van der Waals surface area (Å²) in [7, 11) is 32.4. The maximum atomic E-state index is 6.76. The van der Waals surface area contributed by atoms with E-state index in [1.165, 1.54) is 5.56 Å². The maximum Gasteiger partial charge on any atom is 0.143 e. The van der Waals surface area contributed by atoms with Crippen molar-refractivity contribution >= 4 is 110 Å². The van der Waals surface area contributed by atoms with Gasteiger partial charge in [0.2, 0.25) is 0 Å². The smallest absolute Gasteiger partial charge is 0.143 e. The van der Waals surface area contributed by atoms with Crippen LogP contribution in [0.15, 0.2) is 144 Å². The van der Waals surface area contributed by atoms with E-state index in [0.717, 1.165) is 76.9 Å². The number of para-hydroxylation sites is 1. The lowest BCUT2D eigenvalue weighted by Gasteiger charge is -2.25. The van der Waals surface area contributed by atoms with E-state index in [1.54, 1.807) is 0 Å². The highest BCUT2D eigenvalue weighted by Gasteiger charge is 2.23. The summed E-state index contributed by atoms with van der Waals surface area (Å²) >= 11 is 0. The highest BCUT2D eigenvalue weighted by molar-refractivity contribution is 6.69. The number of rotatable bonds is 4. The van der Waals surface area contributed by atoms with Crippen LogP contribution in [-0.2, 0) is 0 Å². The zero-order valence-corrected chi connectivity index (χ0v) is 27.1. The first-order valence-electron chi connectivity index (χ1n) is 16.5. The predicted molar refractivity (Wildman–Crippen MR) is 217 cm³/mol. The average Bonchev–Trinajstić information content (AvgIpc) is 3.56. The second kappa shape index (κ2) is 11.8. The van der Waals surface area contributed by atoms with Crippen molar-refractivity contribution in [2.45, 2.75) is 0 Å². The maximum absolute atomic E-state index is 6.76. The monoisotopic (exact) mass is 622 g/mol. The van der Waals surface area contributed by atoms with E-state index >= 15 is 0 Å². The summed E-state index contributed by atoms with van der Waals surface area (Å²) in [6.07, 6.45) is 0. The Morgan fingerprint density at radius 1 is 0.340 bits per heavy atom. The van der Waals surface area contributed by atoms with Gasteiger partial charge < -0.3 is 4.42 Å². The molecular formula is C44H23B5O. The fourth-order valence-electron chi connectivity index (χ4n) is 7.59. The van der Waals surface area contributed by atoms with Crippen LogP contribution in [0.4, 0.5) is 0 Å². The first-order chi connectivity index (χ1) is 24.4. The third-order valence-corrected chi connectivity index (χ3v) is 9.95. The van der Waals surface area contributed by atoms with Crippen LogP contribution in [0.3, 0.4) is 0 Å². The van der Waals surface area contributed by atoms with Crippen LogP contribution >= 0.6 is 0 Å². The van der Waals surface area contributed by atoms with E-state index < -0.39 is 0 Å². The van der Waals surface area contributed by atoms with Gasteiger partial charge in [-0.2, -0.15) is 0 Å². The lowest BCUT2D eigenvalue weighted by atomic mass is 9.59. The Hall–Kier alpha value is -5.60. The van der Waals surface area contributed by atoms with Gasteiger partial charge in [-0.05, 0) is 72.6 Å². The Kier molecular flexibility index (Phi) is 7.18. The molecule has 0 spiro atoms. The Bertz CT molecular complexity index is 2730. The largest absolute Gasteiger partial charge is 0.455 e. The molecule has 1 nitrogen and oxygen atoms in total. The summed E-state index contributed by atoms with van der Waals surface area (Å²) in [6, 6.07) is 48.3. The molecule has 0 amide bonds. The van der Waals surface area contributed by atoms with Gasteiger partial charge in [-0.15, -0.1) is 16.4 Å². The molecule has 1 heterocycles. The summed E-state index contributed by atoms with van der Waals surface area (Å²) in [5, 5.41) is 6.08. The number of fused-ring (bicyclic) bond motifs is 5. The van der Waals surface area contributed by atoms with Gasteiger partial charge >= 0.3 is 0 Å². The topological polar surface area (TPSA) is 13.1 Å². The van der Waals surface area contributed by atoms with Crippen molar-refractivity contribution in [2.75, 3.05) is 0 Å². The molecule has 0 fully saturated rings. The molecule has 0 aliphatic carbocycles. The van der Waals surface area contributed by atoms with Gasteiger partial charge in [0.1, 0.15) is 50.4 Å². The molecule has 0 bridgehead atoms. The van der Waals surface area contributed by atoms with Gasteiger partial charge in [0, 0.05) is 16.3 Å². The Morgan fingerprint density at radius 2 is 0.820 bits per heavy atom. The van der Waals surface area contributed by atoms with Crippen molar-refractivity contribution in [2.24, 2.45) is 0 Å². The highest BCUT2D eigenvalue weighted by Crippen LogP contribution is 2.47. The Morgan fingerprint density at radius 3 is 1.48 bits per heavy atom. The van der Waals surface area contributed by atoms with Crippen molar-refractivity contribution in [3.8, 4) is 44.5 Å². The zero-order valence-electron chi connectivity index (χ0n) is 27.1. The molecule has 10 radical (unpaired) electrons. The summed E-state index contributed by atoms with van der Waals surface area (Å²) in [5.41, 5.74) is 11.0. The number of furan rings is 1. The molecule has 6 heteroatoms. The predicted octanol–water partition coefficient (Wildman–Crippen LogP) is 6.53. The summed E-state index contributed by atoms with van der Waals surface area (Å²) < 4.78 is 6.76. The normalized spacial score (nSPS) is 11.6. The van der Waals surface area contributed by atoms with Crippen molar-refractivity contribution in [1.29, 1.82) is 0 Å². The number of hydrogen-bond acceptors (Lipinski definition) is 1. The lowest BCUT2D eigenvalue weighted by Crippen LogP contribution is -2.55. The molecule has 0 aliphatic rings. The molecule has 0 unspecified atom stereocenters. The van der Waals surface area contributed by atoms with Gasteiger partial charge in [-0.3, -0.25) is 0 Å². The Labute approximate surface area is 297 Å². The van der Waals surface area contributed by atoms with E-state index in [0.29, 0.717) is 16.5 Å². The van der Waals surface area contributed by atoms with Crippen LogP contribution in [0.25, 0.3) is 88.0 Å². The van der Waals surface area contributed by atoms with E-state index in [9.17, 15) is 0 Å². The molecule has 220 valence electrons. The molecule has 0 atom stereocenters. The fourth-order valence-corrected chi connectivity index (χ4v) is 7.59. The van der Waals surface area contributed by atoms with Crippen molar-refractivity contribution in [3.05, 3.63) is 140 Å². The molecule has 0 saturated heterocycles. The molecule has 0 N–H and O–H groups in total. The van der Waals surface area contributed by atoms with Crippen molar-refractivity contribution in [3.63, 3.8) is 0 Å². The standard InChI is InChI=1S/C44H23B5O/c45-39-38(40(46)42(48)43(49)41(39)47)37-30-17-6-4-15-28(30)35(29-16-5-7-18-31(29)37)32-20-10-22-34-36(32)33-21-9-19-27(44(33)50-34)26-14-8-13-25(23-26)24-11-2-1-3-12-24/h1-23H. The van der Waals surface area contributed by atoms with Crippen LogP contribution in [0.1, 0.15) is 0 Å². The second-order valence-corrected chi connectivity index (χ2v) is 12.7. The van der Waals surface area contributed by atoms with Gasteiger partial charge in [0.25, 0.3) is 0 Å². The lowest BCUT2D eigenvalue weighted by molar-refractivity contribution is 0.670. The fraction of sp³-hybridized carbons (Fsp3) is 0. The first kappa shape index (κ1) is 30.5. The summed E-state index contributed by atoms with van der Waals surface area (Å²) in [5.74, 6) is 0. The SMILES string of the molecule is [B]c1c([B])c([B])c(-c2c3ccccc3c(-c3cccc4oc5c(-c6cccc(-c7ccccc7)c6)cccc5c34)c3ccccc23)c([B])c1[B]. The van der Waals surface area contributed by atoms with E-state index in [2.05, 4.69) is 103 Å². The molecule has 1 aromatic heterocycles. The number of benzene rings is 8. The minimum atomic E-state index is 0.193. The number of hydrogen-bond donors (Lipinski definition) is 0. The summed E-state index contributed by atoms with van der Waals surface area (Å²) in [6.45, 7) is 0. The molecule has 0 aliphatic heterocycles. The second-order valence-electron chi connectivity index (χ2n) is 12.7. The molecule has 0 saturated carbocycles. The Balaban J connectivity index is 1.35. The third kappa shape index (κ3) is 4.55. The average molecular weight is 622 g/mol. The van der Waals surface area contributed by atoms with Gasteiger partial charge in [-0.1, -0.05) is 138 Å². The third-order valence-electron chi connectivity index (χ3n) is 9.95. The zero-order chi connectivity index (χ0) is 34.1. The van der Waals surface area contributed by atoms with Gasteiger partial charge in [0.05, 0.1) is 0 Å². The van der Waals surface area contributed by atoms with Crippen LogP contribution in [0.5, 0.6) is 0 Å². The van der Waals surface area contributed by atoms with E-state index in [-0.39, 0.29) is 16.4 Å². The van der Waals surface area contributed by atoms with Crippen LogP contribution in [0.2, 0.25) is 0 Å².